The van der Waals surface area contributed by atoms with Crippen molar-refractivity contribution in [2.45, 2.75) is 13.5 Å². The predicted octanol–water partition coefficient (Wildman–Crippen LogP) is 3.35. The Morgan fingerprint density at radius 2 is 2.28 bits per heavy atom. The monoisotopic (exact) mass is 281 g/mol. The summed E-state index contributed by atoms with van der Waals surface area (Å²) in [6.45, 7) is 2.23. The molecule has 5 heteroatoms. The second kappa shape index (κ2) is 5.42. The molecule has 0 aliphatic carbocycles. The molecule has 0 radical (unpaired) electrons. The van der Waals surface area contributed by atoms with Crippen LogP contribution >= 0.6 is 22.9 Å². The number of carbonyl (C=O) groups excluding carboxylic acids is 1. The third kappa shape index (κ3) is 2.83. The molecule has 0 saturated heterocycles. The van der Waals surface area contributed by atoms with E-state index >= 15 is 0 Å². The number of hydrogen-bond donors (Lipinski definition) is 2. The highest BCUT2D eigenvalue weighted by molar-refractivity contribution is 7.13. The Balaban J connectivity index is 2.03. The van der Waals surface area contributed by atoms with Crippen LogP contribution in [0.15, 0.2) is 29.6 Å². The van der Waals surface area contributed by atoms with Crippen molar-refractivity contribution in [2.75, 3.05) is 0 Å². The molecule has 0 saturated carbocycles. The molecule has 0 fully saturated rings. The first kappa shape index (κ1) is 12.9. The van der Waals surface area contributed by atoms with Crippen LogP contribution in [0.4, 0.5) is 0 Å². The molecular weight excluding hydrogens is 270 g/mol. The van der Waals surface area contributed by atoms with Gasteiger partial charge in [0.1, 0.15) is 10.6 Å². The van der Waals surface area contributed by atoms with Crippen molar-refractivity contribution in [1.29, 1.82) is 0 Å². The molecule has 0 aliphatic rings. The maximum absolute atomic E-state index is 11.9. The Bertz CT molecular complexity index is 580. The van der Waals surface area contributed by atoms with Crippen molar-refractivity contribution in [2.24, 2.45) is 0 Å². The topological polar surface area (TPSA) is 49.3 Å². The minimum absolute atomic E-state index is 0.187. The number of halogens is 1. The molecule has 18 heavy (non-hydrogen) atoms. The zero-order valence-electron chi connectivity index (χ0n) is 9.74. The van der Waals surface area contributed by atoms with E-state index in [4.69, 9.17) is 11.6 Å². The first-order valence-electron chi connectivity index (χ1n) is 5.37. The Hall–Kier alpha value is -1.52. The summed E-state index contributed by atoms with van der Waals surface area (Å²) in [7, 11) is 0. The Morgan fingerprint density at radius 1 is 1.50 bits per heavy atom. The normalized spacial score (nSPS) is 10.3. The smallest absolute Gasteiger partial charge is 0.263 e. The maximum Gasteiger partial charge on any atom is 0.263 e. The average molecular weight is 282 g/mol. The standard InChI is InChI=1S/C13H12ClNO2S/c1-8-7-18-12(11(8)14)13(17)15-6-9-3-2-4-10(16)5-9/h2-5,7,16H,6H2,1H3,(H,15,17). The fourth-order valence-corrected chi connectivity index (χ4v) is 2.71. The van der Waals surface area contributed by atoms with Gasteiger partial charge in [0.2, 0.25) is 0 Å². The SMILES string of the molecule is Cc1csc(C(=O)NCc2cccc(O)c2)c1Cl. The van der Waals surface area contributed by atoms with E-state index in [1.165, 1.54) is 11.3 Å². The maximum atomic E-state index is 11.9. The second-order valence-electron chi connectivity index (χ2n) is 3.91. The number of benzene rings is 1. The third-order valence-electron chi connectivity index (χ3n) is 2.47. The van der Waals surface area contributed by atoms with E-state index in [0.717, 1.165) is 11.1 Å². The van der Waals surface area contributed by atoms with Gasteiger partial charge in [-0.05, 0) is 35.6 Å². The van der Waals surface area contributed by atoms with Crippen LogP contribution in [0.3, 0.4) is 0 Å². The zero-order chi connectivity index (χ0) is 13.1. The van der Waals surface area contributed by atoms with Crippen LogP contribution < -0.4 is 5.32 Å². The molecule has 1 aromatic heterocycles. The third-order valence-corrected chi connectivity index (χ3v) is 4.16. The highest BCUT2D eigenvalue weighted by atomic mass is 35.5. The van der Waals surface area contributed by atoms with Gasteiger partial charge in [0, 0.05) is 6.54 Å². The molecule has 0 bridgehead atoms. The van der Waals surface area contributed by atoms with Crippen molar-refractivity contribution < 1.29 is 9.90 Å². The van der Waals surface area contributed by atoms with Crippen LogP contribution in [0.5, 0.6) is 5.75 Å². The summed E-state index contributed by atoms with van der Waals surface area (Å²) in [6, 6.07) is 6.77. The quantitative estimate of drug-likeness (QED) is 0.906. The van der Waals surface area contributed by atoms with Crippen LogP contribution in [-0.2, 0) is 6.54 Å². The van der Waals surface area contributed by atoms with Gasteiger partial charge in [-0.1, -0.05) is 23.7 Å². The molecular formula is C13H12ClNO2S. The van der Waals surface area contributed by atoms with Crippen LogP contribution in [-0.4, -0.2) is 11.0 Å². The van der Waals surface area contributed by atoms with E-state index in [-0.39, 0.29) is 11.7 Å². The summed E-state index contributed by atoms with van der Waals surface area (Å²) in [6.07, 6.45) is 0. The van der Waals surface area contributed by atoms with Crippen molar-refractivity contribution in [3.05, 3.63) is 50.7 Å². The number of phenolic OH excluding ortho intramolecular Hbond substituents is 1. The molecule has 94 valence electrons. The van der Waals surface area contributed by atoms with E-state index < -0.39 is 0 Å². The minimum atomic E-state index is -0.193. The number of phenols is 1. The molecule has 2 N–H and O–H groups in total. The predicted molar refractivity (Wildman–Crippen MR) is 73.3 cm³/mol. The lowest BCUT2D eigenvalue weighted by atomic mass is 10.2. The molecule has 2 aromatic rings. The van der Waals surface area contributed by atoms with Gasteiger partial charge in [-0.25, -0.2) is 0 Å². The number of amides is 1. The molecule has 0 spiro atoms. The number of hydrogen-bond acceptors (Lipinski definition) is 3. The average Bonchev–Trinajstić information content (AvgIpc) is 2.67. The van der Waals surface area contributed by atoms with Gasteiger partial charge in [-0.15, -0.1) is 11.3 Å². The number of aryl methyl sites for hydroxylation is 1. The summed E-state index contributed by atoms with van der Waals surface area (Å²) in [5.41, 5.74) is 1.75. The summed E-state index contributed by atoms with van der Waals surface area (Å²) in [5, 5.41) is 14.4. The van der Waals surface area contributed by atoms with Gasteiger partial charge in [0.05, 0.1) is 5.02 Å². The molecule has 0 atom stereocenters. The first-order chi connectivity index (χ1) is 8.58. The summed E-state index contributed by atoms with van der Waals surface area (Å²) >= 11 is 7.35. The second-order valence-corrected chi connectivity index (χ2v) is 5.17. The highest BCUT2D eigenvalue weighted by Gasteiger charge is 2.14. The largest absolute Gasteiger partial charge is 0.508 e. The van der Waals surface area contributed by atoms with Gasteiger partial charge >= 0.3 is 0 Å². The lowest BCUT2D eigenvalue weighted by Gasteiger charge is -2.04. The van der Waals surface area contributed by atoms with Crippen LogP contribution in [0.2, 0.25) is 5.02 Å². The summed E-state index contributed by atoms with van der Waals surface area (Å²) < 4.78 is 0. The number of carbonyl (C=O) groups is 1. The Morgan fingerprint density at radius 3 is 2.89 bits per heavy atom. The van der Waals surface area contributed by atoms with Crippen LogP contribution in [0, 0.1) is 6.92 Å². The number of nitrogens with one attached hydrogen (secondary N) is 1. The van der Waals surface area contributed by atoms with Crippen molar-refractivity contribution in [3.8, 4) is 5.75 Å². The fraction of sp³-hybridized carbons (Fsp3) is 0.154. The number of rotatable bonds is 3. The van der Waals surface area contributed by atoms with E-state index in [1.807, 2.05) is 18.4 Å². The molecule has 1 heterocycles. The molecule has 0 aliphatic heterocycles. The summed E-state index contributed by atoms with van der Waals surface area (Å²) in [5.74, 6) is -0.00630. The van der Waals surface area contributed by atoms with Crippen molar-refractivity contribution in [1.82, 2.24) is 5.32 Å². The summed E-state index contributed by atoms with van der Waals surface area (Å²) in [4.78, 5) is 12.4. The lowest BCUT2D eigenvalue weighted by Crippen LogP contribution is -2.22. The van der Waals surface area contributed by atoms with Gasteiger partial charge in [0.25, 0.3) is 5.91 Å². The molecule has 3 nitrogen and oxygen atoms in total. The van der Waals surface area contributed by atoms with Crippen molar-refractivity contribution >= 4 is 28.8 Å². The van der Waals surface area contributed by atoms with Crippen molar-refractivity contribution in [3.63, 3.8) is 0 Å². The first-order valence-corrected chi connectivity index (χ1v) is 6.63. The molecule has 1 aromatic carbocycles. The Labute approximate surface area is 114 Å². The molecule has 2 rings (SSSR count). The fourth-order valence-electron chi connectivity index (χ4n) is 1.51. The molecule has 1 amide bonds. The number of thiophene rings is 1. The van der Waals surface area contributed by atoms with E-state index in [1.54, 1.807) is 18.2 Å². The minimum Gasteiger partial charge on any atom is -0.508 e. The Kier molecular flexibility index (Phi) is 3.89. The van der Waals surface area contributed by atoms with E-state index in [9.17, 15) is 9.90 Å². The van der Waals surface area contributed by atoms with E-state index in [2.05, 4.69) is 5.32 Å². The lowest BCUT2D eigenvalue weighted by molar-refractivity contribution is 0.0955. The highest BCUT2D eigenvalue weighted by Crippen LogP contribution is 2.26. The van der Waals surface area contributed by atoms with Gasteiger partial charge in [-0.2, -0.15) is 0 Å². The van der Waals surface area contributed by atoms with Crippen LogP contribution in [0.1, 0.15) is 20.8 Å². The van der Waals surface area contributed by atoms with Gasteiger partial charge < -0.3 is 10.4 Å². The van der Waals surface area contributed by atoms with Crippen LogP contribution in [0.25, 0.3) is 0 Å². The van der Waals surface area contributed by atoms with Gasteiger partial charge in [0.15, 0.2) is 0 Å². The number of aromatic hydroxyl groups is 1. The van der Waals surface area contributed by atoms with E-state index in [0.29, 0.717) is 16.4 Å². The molecule has 0 unspecified atom stereocenters. The van der Waals surface area contributed by atoms with Gasteiger partial charge in [-0.3, -0.25) is 4.79 Å². The zero-order valence-corrected chi connectivity index (χ0v) is 11.3.